The Morgan fingerprint density at radius 3 is 2.54 bits per heavy atom. The summed E-state index contributed by atoms with van der Waals surface area (Å²) in [5.41, 5.74) is 1.23. The molecule has 1 atom stereocenters. The molecule has 148 valence electrons. The van der Waals surface area contributed by atoms with Crippen LogP contribution in [-0.2, 0) is 11.0 Å². The summed E-state index contributed by atoms with van der Waals surface area (Å²) in [6.45, 7) is 5.51. The Balaban J connectivity index is 2.09. The van der Waals surface area contributed by atoms with E-state index in [1.807, 2.05) is 13.0 Å². The number of nitrogens with one attached hydrogen (secondary N) is 1. The molecule has 1 N–H and O–H groups in total. The molecule has 1 unspecified atom stereocenters. The van der Waals surface area contributed by atoms with E-state index in [0.29, 0.717) is 23.1 Å². The fraction of sp³-hybridized carbons (Fsp3) is 0.318. The van der Waals surface area contributed by atoms with Crippen molar-refractivity contribution in [3.63, 3.8) is 0 Å². The van der Waals surface area contributed by atoms with Crippen molar-refractivity contribution in [1.82, 2.24) is 5.32 Å². The number of amides is 1. The maximum atomic E-state index is 13.6. The molecule has 1 amide bonds. The smallest absolute Gasteiger partial charge is 0.450 e. The van der Waals surface area contributed by atoms with Gasteiger partial charge < -0.3 is 9.73 Å². The van der Waals surface area contributed by atoms with Crippen molar-refractivity contribution in [2.75, 3.05) is 0 Å². The van der Waals surface area contributed by atoms with Crippen LogP contribution < -0.4 is 5.32 Å². The van der Waals surface area contributed by atoms with Crippen LogP contribution in [0.25, 0.3) is 16.5 Å². The topological polar surface area (TPSA) is 42.2 Å². The first-order chi connectivity index (χ1) is 13.2. The number of fused-ring (bicyclic) bond motifs is 1. The van der Waals surface area contributed by atoms with Gasteiger partial charge in [-0.15, -0.1) is 0 Å². The van der Waals surface area contributed by atoms with Gasteiger partial charge in [-0.3, -0.25) is 4.79 Å². The molecule has 1 heterocycles. The lowest BCUT2D eigenvalue weighted by Crippen LogP contribution is -2.26. The highest BCUT2D eigenvalue weighted by Crippen LogP contribution is 2.42. The average molecular weight is 389 g/mol. The zero-order valence-electron chi connectivity index (χ0n) is 15.9. The zero-order valence-corrected chi connectivity index (χ0v) is 15.9. The van der Waals surface area contributed by atoms with E-state index >= 15 is 0 Å². The van der Waals surface area contributed by atoms with Gasteiger partial charge in [0.15, 0.2) is 0 Å². The molecular weight excluding hydrogens is 367 g/mol. The van der Waals surface area contributed by atoms with Crippen LogP contribution in [0.1, 0.15) is 38.5 Å². The highest BCUT2D eigenvalue weighted by atomic mass is 19.4. The van der Waals surface area contributed by atoms with Gasteiger partial charge in [0.1, 0.15) is 5.58 Å². The van der Waals surface area contributed by atoms with Gasteiger partial charge >= 0.3 is 6.18 Å². The van der Waals surface area contributed by atoms with Gasteiger partial charge in [0.05, 0.1) is 0 Å². The molecule has 0 saturated heterocycles. The van der Waals surface area contributed by atoms with Crippen LogP contribution >= 0.6 is 0 Å². The third kappa shape index (κ3) is 4.06. The van der Waals surface area contributed by atoms with Gasteiger partial charge in [0, 0.05) is 22.6 Å². The lowest BCUT2D eigenvalue weighted by Gasteiger charge is -2.10. The molecule has 1 aromatic heterocycles. The average Bonchev–Trinajstić information content (AvgIpc) is 2.92. The molecule has 28 heavy (non-hydrogen) atoms. The number of allylic oxidation sites excluding steroid dienone is 5. The number of carbonyl (C=O) groups is 1. The number of hydrogen-bond donors (Lipinski definition) is 1. The monoisotopic (exact) mass is 389 g/mol. The first-order valence-electron chi connectivity index (χ1n) is 9.22. The Morgan fingerprint density at radius 2 is 1.89 bits per heavy atom. The van der Waals surface area contributed by atoms with Crippen LogP contribution in [0.2, 0.25) is 0 Å². The molecule has 0 bridgehead atoms. The lowest BCUT2D eigenvalue weighted by atomic mass is 9.96. The van der Waals surface area contributed by atoms with E-state index in [4.69, 9.17) is 4.42 Å². The van der Waals surface area contributed by atoms with Gasteiger partial charge in [-0.05, 0) is 30.1 Å². The quantitative estimate of drug-likeness (QED) is 0.688. The van der Waals surface area contributed by atoms with E-state index in [1.165, 1.54) is 6.07 Å². The number of para-hydroxylation sites is 1. The number of halogens is 3. The molecule has 1 aromatic carbocycles. The summed E-state index contributed by atoms with van der Waals surface area (Å²) < 4.78 is 46.1. The minimum Gasteiger partial charge on any atom is -0.451 e. The number of hydrogen-bond acceptors (Lipinski definition) is 2. The number of carbonyl (C=O) groups excluding carboxylic acids is 1. The van der Waals surface area contributed by atoms with E-state index < -0.39 is 11.9 Å². The predicted octanol–water partition coefficient (Wildman–Crippen LogP) is 6.09. The fourth-order valence-corrected chi connectivity index (χ4v) is 3.10. The molecule has 1 aliphatic rings. The minimum atomic E-state index is -4.61. The maximum absolute atomic E-state index is 13.6. The molecule has 0 aliphatic heterocycles. The lowest BCUT2D eigenvalue weighted by molar-refractivity contribution is -0.152. The first kappa shape index (κ1) is 20.0. The highest BCUT2D eigenvalue weighted by Gasteiger charge is 2.39. The number of rotatable bonds is 4. The van der Waals surface area contributed by atoms with Gasteiger partial charge in [-0.25, -0.2) is 0 Å². The summed E-state index contributed by atoms with van der Waals surface area (Å²) in [5.74, 6) is -1.46. The zero-order chi connectivity index (χ0) is 20.5. The Labute approximate surface area is 161 Å². The predicted molar refractivity (Wildman–Crippen MR) is 103 cm³/mol. The third-order valence-corrected chi connectivity index (χ3v) is 4.63. The summed E-state index contributed by atoms with van der Waals surface area (Å²) in [7, 11) is 0. The Kier molecular flexibility index (Phi) is 5.49. The normalized spacial score (nSPS) is 17.5. The third-order valence-electron chi connectivity index (χ3n) is 4.63. The molecule has 2 aromatic rings. The van der Waals surface area contributed by atoms with Gasteiger partial charge in [-0.2, -0.15) is 13.2 Å². The molecule has 6 heteroatoms. The van der Waals surface area contributed by atoms with Gasteiger partial charge in [-0.1, -0.05) is 57.2 Å². The van der Waals surface area contributed by atoms with Crippen LogP contribution in [0.15, 0.2) is 58.7 Å². The Morgan fingerprint density at radius 1 is 1.18 bits per heavy atom. The van der Waals surface area contributed by atoms with Crippen molar-refractivity contribution in [3.05, 3.63) is 65.6 Å². The van der Waals surface area contributed by atoms with Gasteiger partial charge in [0.25, 0.3) is 0 Å². The van der Waals surface area contributed by atoms with Crippen molar-refractivity contribution >= 4 is 22.4 Å². The Hall–Kier alpha value is -2.76. The summed E-state index contributed by atoms with van der Waals surface area (Å²) in [5, 5.41) is 3.24. The summed E-state index contributed by atoms with van der Waals surface area (Å²) in [6.07, 6.45) is 2.97. The maximum Gasteiger partial charge on any atom is 0.450 e. The second kappa shape index (κ2) is 7.70. The molecule has 3 nitrogen and oxygen atoms in total. The van der Waals surface area contributed by atoms with E-state index in [1.54, 1.807) is 50.3 Å². The van der Waals surface area contributed by atoms with Gasteiger partial charge in [0.2, 0.25) is 11.7 Å². The first-order valence-corrected chi connectivity index (χ1v) is 9.22. The van der Waals surface area contributed by atoms with Crippen LogP contribution in [-0.4, -0.2) is 5.91 Å². The largest absolute Gasteiger partial charge is 0.451 e. The fourth-order valence-electron chi connectivity index (χ4n) is 3.10. The molecule has 1 aliphatic carbocycles. The summed E-state index contributed by atoms with van der Waals surface area (Å²) in [6, 6.07) is 6.48. The van der Waals surface area contributed by atoms with E-state index in [2.05, 4.69) is 5.32 Å². The van der Waals surface area contributed by atoms with E-state index in [0.717, 1.165) is 0 Å². The van der Waals surface area contributed by atoms with Crippen molar-refractivity contribution in [3.8, 4) is 0 Å². The second-order valence-electron chi connectivity index (χ2n) is 7.09. The molecule has 0 saturated carbocycles. The summed E-state index contributed by atoms with van der Waals surface area (Å²) in [4.78, 5) is 12.0. The van der Waals surface area contributed by atoms with E-state index in [-0.39, 0.29) is 28.9 Å². The minimum absolute atomic E-state index is 0.0302. The molecule has 0 spiro atoms. The van der Waals surface area contributed by atoms with Crippen molar-refractivity contribution in [2.24, 2.45) is 11.8 Å². The molecule has 0 fully saturated rings. The van der Waals surface area contributed by atoms with Crippen molar-refractivity contribution < 1.29 is 22.4 Å². The number of benzene rings is 1. The van der Waals surface area contributed by atoms with E-state index in [9.17, 15) is 18.0 Å². The van der Waals surface area contributed by atoms with Crippen LogP contribution in [0.5, 0.6) is 0 Å². The number of alkyl halides is 3. The van der Waals surface area contributed by atoms with Crippen LogP contribution in [0.3, 0.4) is 0 Å². The van der Waals surface area contributed by atoms with Crippen molar-refractivity contribution in [1.29, 1.82) is 0 Å². The highest BCUT2D eigenvalue weighted by molar-refractivity contribution is 5.96. The second-order valence-corrected chi connectivity index (χ2v) is 7.09. The molecular formula is C22H22F3NO2. The molecule has 3 rings (SSSR count). The van der Waals surface area contributed by atoms with Crippen LogP contribution in [0.4, 0.5) is 13.2 Å². The van der Waals surface area contributed by atoms with Crippen LogP contribution in [0, 0.1) is 11.8 Å². The number of furan rings is 1. The summed E-state index contributed by atoms with van der Waals surface area (Å²) >= 11 is 0. The molecule has 0 radical (unpaired) electrons. The van der Waals surface area contributed by atoms with Crippen molar-refractivity contribution in [2.45, 2.75) is 33.4 Å². The standard InChI is InChI=1S/C22H22F3NO2/c1-4-14-11-15(9-10-16(12-14)26-21(27)13(2)3)19-17-7-5-6-8-18(17)28-20(19)22(23,24)25/h5-14H,4H2,1-3H3,(H,26,27). The SMILES string of the molecule is CCC1C=C(NC(=O)C(C)C)C=CC(c2c(C(F)(F)F)oc3ccccc23)=C1. The Bertz CT molecular complexity index is 977.